The second-order valence-electron chi connectivity index (χ2n) is 6.13. The van der Waals surface area contributed by atoms with Crippen LogP contribution in [-0.4, -0.2) is 27.6 Å². The van der Waals surface area contributed by atoms with Gasteiger partial charge in [0.1, 0.15) is 11.9 Å². The normalized spacial score (nSPS) is 10.8. The predicted molar refractivity (Wildman–Crippen MR) is 89.5 cm³/mol. The molecule has 0 saturated heterocycles. The van der Waals surface area contributed by atoms with Crippen LogP contribution in [0.4, 0.5) is 10.5 Å². The minimum atomic E-state index is -0.546. The van der Waals surface area contributed by atoms with Crippen molar-refractivity contribution in [3.63, 3.8) is 0 Å². The third-order valence-corrected chi connectivity index (χ3v) is 2.88. The van der Waals surface area contributed by atoms with Gasteiger partial charge in [-0.3, -0.25) is 10.1 Å². The third-order valence-electron chi connectivity index (χ3n) is 2.88. The Morgan fingerprint density at radius 1 is 1.08 bits per heavy atom. The Morgan fingerprint density at radius 3 is 2.29 bits per heavy atom. The van der Waals surface area contributed by atoms with E-state index in [9.17, 15) is 9.59 Å². The van der Waals surface area contributed by atoms with Gasteiger partial charge in [-0.2, -0.15) is 0 Å². The summed E-state index contributed by atoms with van der Waals surface area (Å²) in [7, 11) is 0. The zero-order chi connectivity index (χ0) is 17.6. The summed E-state index contributed by atoms with van der Waals surface area (Å²) in [6.07, 6.45) is 3.77. The number of hydrogen-bond donors (Lipinski definition) is 2. The smallest absolute Gasteiger partial charge is 0.412 e. The molecule has 0 atom stereocenters. The van der Waals surface area contributed by atoms with Crippen molar-refractivity contribution in [2.45, 2.75) is 32.9 Å². The molecule has 0 bridgehead atoms. The summed E-state index contributed by atoms with van der Waals surface area (Å²) < 4.78 is 5.18. The monoisotopic (exact) mass is 328 g/mol. The van der Waals surface area contributed by atoms with Gasteiger partial charge < -0.3 is 10.1 Å². The molecule has 0 saturated carbocycles. The van der Waals surface area contributed by atoms with Crippen molar-refractivity contribution in [3.05, 3.63) is 54.1 Å². The Hall–Kier alpha value is -2.96. The van der Waals surface area contributed by atoms with Crippen LogP contribution in [0, 0.1) is 0 Å². The second kappa shape index (κ2) is 7.54. The molecular formula is C17H20N4O3. The van der Waals surface area contributed by atoms with Gasteiger partial charge in [0.05, 0.1) is 5.56 Å². The molecule has 24 heavy (non-hydrogen) atoms. The van der Waals surface area contributed by atoms with Crippen molar-refractivity contribution >= 4 is 17.7 Å². The van der Waals surface area contributed by atoms with Crippen LogP contribution in [0.5, 0.6) is 0 Å². The first-order valence-corrected chi connectivity index (χ1v) is 7.46. The highest BCUT2D eigenvalue weighted by molar-refractivity contribution is 5.93. The van der Waals surface area contributed by atoms with E-state index in [4.69, 9.17) is 4.74 Å². The van der Waals surface area contributed by atoms with Crippen LogP contribution < -0.4 is 10.6 Å². The highest BCUT2D eigenvalue weighted by Crippen LogP contribution is 2.13. The molecule has 2 N–H and O–H groups in total. The van der Waals surface area contributed by atoms with Crippen LogP contribution in [0.15, 0.2) is 43.0 Å². The van der Waals surface area contributed by atoms with Crippen molar-refractivity contribution in [3.8, 4) is 0 Å². The number of nitrogens with one attached hydrogen (secondary N) is 2. The van der Waals surface area contributed by atoms with Gasteiger partial charge in [0.2, 0.25) is 0 Å². The first-order valence-electron chi connectivity index (χ1n) is 7.46. The second-order valence-corrected chi connectivity index (χ2v) is 6.13. The van der Waals surface area contributed by atoms with E-state index in [-0.39, 0.29) is 5.91 Å². The molecule has 2 rings (SSSR count). The van der Waals surface area contributed by atoms with Crippen molar-refractivity contribution < 1.29 is 14.3 Å². The van der Waals surface area contributed by atoms with Gasteiger partial charge in [-0.05, 0) is 38.5 Å². The summed E-state index contributed by atoms with van der Waals surface area (Å²) >= 11 is 0. The van der Waals surface area contributed by atoms with E-state index in [0.29, 0.717) is 17.8 Å². The van der Waals surface area contributed by atoms with Gasteiger partial charge in [-0.15, -0.1) is 0 Å². The first kappa shape index (κ1) is 17.4. The minimum Gasteiger partial charge on any atom is -0.444 e. The molecule has 2 amide bonds. The van der Waals surface area contributed by atoms with Crippen LogP contribution in [0.1, 0.15) is 36.7 Å². The highest BCUT2D eigenvalue weighted by atomic mass is 16.6. The number of ether oxygens (including phenoxy) is 1. The summed E-state index contributed by atoms with van der Waals surface area (Å²) in [5.74, 6) is -0.244. The van der Waals surface area contributed by atoms with Gasteiger partial charge in [0.15, 0.2) is 0 Å². The average Bonchev–Trinajstić information content (AvgIpc) is 2.53. The van der Waals surface area contributed by atoms with Gasteiger partial charge >= 0.3 is 6.09 Å². The summed E-state index contributed by atoms with van der Waals surface area (Å²) in [4.78, 5) is 31.2. The van der Waals surface area contributed by atoms with Gasteiger partial charge in [0, 0.05) is 24.6 Å². The number of carbonyl (C=O) groups excluding carboxylic acids is 2. The minimum absolute atomic E-state index is 0.244. The molecule has 7 heteroatoms. The van der Waals surface area contributed by atoms with Crippen LogP contribution in [0.2, 0.25) is 0 Å². The van der Waals surface area contributed by atoms with Crippen LogP contribution >= 0.6 is 0 Å². The molecule has 0 spiro atoms. The largest absolute Gasteiger partial charge is 0.444 e. The Morgan fingerprint density at radius 2 is 1.71 bits per heavy atom. The maximum Gasteiger partial charge on any atom is 0.412 e. The Labute approximate surface area is 140 Å². The fourth-order valence-corrected chi connectivity index (χ4v) is 1.83. The van der Waals surface area contributed by atoms with Crippen molar-refractivity contribution in [1.29, 1.82) is 0 Å². The Balaban J connectivity index is 1.86. The molecule has 1 heterocycles. The SMILES string of the molecule is CC(C)(C)OC(=O)Nc1ccc(CNC(=O)c2cncnc2)cc1. The summed E-state index contributed by atoms with van der Waals surface area (Å²) in [5.41, 5.74) is 1.38. The quantitative estimate of drug-likeness (QED) is 0.900. The molecule has 7 nitrogen and oxygen atoms in total. The topological polar surface area (TPSA) is 93.2 Å². The highest BCUT2D eigenvalue weighted by Gasteiger charge is 2.16. The van der Waals surface area contributed by atoms with E-state index in [0.717, 1.165) is 5.56 Å². The first-order chi connectivity index (χ1) is 11.3. The lowest BCUT2D eigenvalue weighted by atomic mass is 10.2. The lowest BCUT2D eigenvalue weighted by Gasteiger charge is -2.19. The van der Waals surface area contributed by atoms with Crippen molar-refractivity contribution in [1.82, 2.24) is 15.3 Å². The number of aromatic nitrogens is 2. The van der Waals surface area contributed by atoms with Gasteiger partial charge in [-0.25, -0.2) is 14.8 Å². The zero-order valence-electron chi connectivity index (χ0n) is 13.9. The van der Waals surface area contributed by atoms with E-state index < -0.39 is 11.7 Å². The van der Waals surface area contributed by atoms with Crippen molar-refractivity contribution in [2.24, 2.45) is 0 Å². The van der Waals surface area contributed by atoms with Crippen LogP contribution in [0.25, 0.3) is 0 Å². The van der Waals surface area contributed by atoms with Crippen LogP contribution in [0.3, 0.4) is 0 Å². The average molecular weight is 328 g/mol. The molecule has 0 radical (unpaired) electrons. The molecule has 2 aromatic rings. The standard InChI is InChI=1S/C17H20N4O3/c1-17(2,3)24-16(23)21-14-6-4-12(5-7-14)8-20-15(22)13-9-18-11-19-10-13/h4-7,9-11H,8H2,1-3H3,(H,20,22)(H,21,23). The lowest BCUT2D eigenvalue weighted by Crippen LogP contribution is -2.27. The summed E-state index contributed by atoms with van der Waals surface area (Å²) in [5, 5.41) is 5.43. The predicted octanol–water partition coefficient (Wildman–Crippen LogP) is 2.75. The van der Waals surface area contributed by atoms with Crippen molar-refractivity contribution in [2.75, 3.05) is 5.32 Å². The fourth-order valence-electron chi connectivity index (χ4n) is 1.83. The van der Waals surface area contributed by atoms with Gasteiger partial charge in [0.25, 0.3) is 5.91 Å². The van der Waals surface area contributed by atoms with Gasteiger partial charge in [-0.1, -0.05) is 12.1 Å². The number of anilines is 1. The Bertz CT molecular complexity index is 694. The summed E-state index contributed by atoms with van der Waals surface area (Å²) in [6, 6.07) is 7.12. The number of benzene rings is 1. The number of rotatable bonds is 4. The maximum absolute atomic E-state index is 11.9. The molecule has 0 fully saturated rings. The molecule has 1 aromatic carbocycles. The molecule has 1 aromatic heterocycles. The molecule has 0 aliphatic heterocycles. The summed E-state index contributed by atoms with van der Waals surface area (Å²) in [6.45, 7) is 5.77. The maximum atomic E-state index is 11.9. The molecule has 0 unspecified atom stereocenters. The number of nitrogens with zero attached hydrogens (tertiary/aromatic N) is 2. The lowest BCUT2D eigenvalue weighted by molar-refractivity contribution is 0.0635. The molecular weight excluding hydrogens is 308 g/mol. The number of carbonyl (C=O) groups is 2. The molecule has 126 valence electrons. The zero-order valence-corrected chi connectivity index (χ0v) is 13.9. The molecule has 0 aliphatic rings. The van der Waals surface area contributed by atoms with E-state index in [1.54, 1.807) is 32.9 Å². The Kier molecular flexibility index (Phi) is 5.47. The third kappa shape index (κ3) is 5.68. The van der Waals surface area contributed by atoms with E-state index in [1.807, 2.05) is 12.1 Å². The van der Waals surface area contributed by atoms with E-state index in [1.165, 1.54) is 18.7 Å². The molecule has 0 aliphatic carbocycles. The van der Waals surface area contributed by atoms with E-state index >= 15 is 0 Å². The number of amides is 2. The fraction of sp³-hybridized carbons (Fsp3) is 0.294. The number of hydrogen-bond acceptors (Lipinski definition) is 5. The van der Waals surface area contributed by atoms with Crippen LogP contribution in [-0.2, 0) is 11.3 Å². The van der Waals surface area contributed by atoms with E-state index in [2.05, 4.69) is 20.6 Å².